The highest BCUT2D eigenvalue weighted by Crippen LogP contribution is 2.33. The molecule has 1 atom stereocenters. The number of hydrogen-bond acceptors (Lipinski definition) is 6. The average molecular weight is 637 g/mol. The summed E-state index contributed by atoms with van der Waals surface area (Å²) in [5.41, 5.74) is 2.55. The van der Waals surface area contributed by atoms with Crippen LogP contribution in [0.5, 0.6) is 11.5 Å². The first-order chi connectivity index (χ1) is 19.8. The van der Waals surface area contributed by atoms with Crippen molar-refractivity contribution in [2.24, 2.45) is 0 Å². The maximum atomic E-state index is 14.2. The molecule has 0 heterocycles. The topological polar surface area (TPSA) is 105 Å². The number of likely N-dealkylation sites (N-methyl/N-ethyl adjacent to an activating group) is 1. The smallest absolute Gasteiger partial charge is 0.264 e. The van der Waals surface area contributed by atoms with Crippen molar-refractivity contribution in [2.75, 3.05) is 31.6 Å². The second-order valence-corrected chi connectivity index (χ2v) is 12.4. The summed E-state index contributed by atoms with van der Waals surface area (Å²) in [5.74, 6) is -0.403. The van der Waals surface area contributed by atoms with E-state index in [-0.39, 0.29) is 23.1 Å². The van der Waals surface area contributed by atoms with Crippen molar-refractivity contribution in [3.8, 4) is 11.5 Å². The normalized spacial score (nSPS) is 11.9. The molecule has 226 valence electrons. The summed E-state index contributed by atoms with van der Waals surface area (Å²) in [4.78, 5) is 28.2. The molecule has 0 aliphatic rings. The van der Waals surface area contributed by atoms with E-state index < -0.39 is 28.5 Å². The van der Waals surface area contributed by atoms with Crippen LogP contribution in [0, 0.1) is 13.8 Å². The zero-order valence-electron chi connectivity index (χ0n) is 24.4. The quantitative estimate of drug-likeness (QED) is 0.287. The number of nitrogens with one attached hydrogen (secondary N) is 1. The molecule has 2 amide bonds. The molecule has 1 N–H and O–H groups in total. The standard InChI is InChI=1S/C30H35Cl2N3O6S/c1-7-33-30(37)21(4)34(17-22-8-10-25(31)26(32)15-22)29(36)18-35(23-13-19(2)12-20(3)14-23)42(38,39)24-9-11-27(40-5)28(16-24)41-6/h8-16,21H,7,17-18H2,1-6H3,(H,33,37). The molecule has 12 heteroatoms. The van der Waals surface area contributed by atoms with Gasteiger partial charge in [-0.25, -0.2) is 8.42 Å². The monoisotopic (exact) mass is 635 g/mol. The Hall–Kier alpha value is -3.47. The molecule has 0 radical (unpaired) electrons. The van der Waals surface area contributed by atoms with Crippen LogP contribution in [-0.2, 0) is 26.2 Å². The maximum Gasteiger partial charge on any atom is 0.264 e. The number of carbonyl (C=O) groups is 2. The minimum atomic E-state index is -4.30. The lowest BCUT2D eigenvalue weighted by Gasteiger charge is -2.32. The van der Waals surface area contributed by atoms with E-state index in [9.17, 15) is 18.0 Å². The summed E-state index contributed by atoms with van der Waals surface area (Å²) in [6.45, 7) is 6.81. The minimum Gasteiger partial charge on any atom is -0.493 e. The first kappa shape index (κ1) is 33.0. The average Bonchev–Trinajstić information content (AvgIpc) is 2.94. The number of amides is 2. The largest absolute Gasteiger partial charge is 0.493 e. The molecule has 0 aliphatic heterocycles. The highest BCUT2D eigenvalue weighted by atomic mass is 35.5. The number of ether oxygens (including phenoxy) is 2. The molecule has 0 aromatic heterocycles. The SMILES string of the molecule is CCNC(=O)C(C)N(Cc1ccc(Cl)c(Cl)c1)C(=O)CN(c1cc(C)cc(C)c1)S(=O)(=O)c1ccc(OC)c(OC)c1. The van der Waals surface area contributed by atoms with Crippen LogP contribution >= 0.6 is 23.2 Å². The summed E-state index contributed by atoms with van der Waals surface area (Å²) in [7, 11) is -1.45. The molecule has 3 rings (SSSR count). The molecule has 0 saturated carbocycles. The van der Waals surface area contributed by atoms with Gasteiger partial charge in [-0.2, -0.15) is 0 Å². The van der Waals surface area contributed by atoms with Gasteiger partial charge in [0.15, 0.2) is 11.5 Å². The van der Waals surface area contributed by atoms with Gasteiger partial charge in [0.1, 0.15) is 12.6 Å². The maximum absolute atomic E-state index is 14.2. The number of benzene rings is 3. The van der Waals surface area contributed by atoms with Gasteiger partial charge < -0.3 is 19.7 Å². The Morgan fingerprint density at radius 3 is 2.12 bits per heavy atom. The number of hydrogen-bond donors (Lipinski definition) is 1. The molecule has 0 bridgehead atoms. The van der Waals surface area contributed by atoms with E-state index in [2.05, 4.69) is 5.32 Å². The van der Waals surface area contributed by atoms with Crippen LogP contribution < -0.4 is 19.1 Å². The van der Waals surface area contributed by atoms with Crippen molar-refractivity contribution in [3.05, 3.63) is 81.3 Å². The lowest BCUT2D eigenvalue weighted by atomic mass is 10.1. The van der Waals surface area contributed by atoms with Crippen molar-refractivity contribution in [2.45, 2.75) is 45.2 Å². The molecule has 0 spiro atoms. The van der Waals surface area contributed by atoms with Crippen molar-refractivity contribution in [1.82, 2.24) is 10.2 Å². The van der Waals surface area contributed by atoms with E-state index in [4.69, 9.17) is 32.7 Å². The van der Waals surface area contributed by atoms with Crippen molar-refractivity contribution >= 4 is 50.7 Å². The van der Waals surface area contributed by atoms with E-state index >= 15 is 0 Å². The summed E-state index contributed by atoms with van der Waals surface area (Å²) in [5, 5.41) is 3.37. The third kappa shape index (κ3) is 7.67. The second-order valence-electron chi connectivity index (χ2n) is 9.72. The Balaban J connectivity index is 2.12. The van der Waals surface area contributed by atoms with E-state index in [1.165, 1.54) is 37.3 Å². The fourth-order valence-corrected chi connectivity index (χ4v) is 6.20. The summed E-state index contributed by atoms with van der Waals surface area (Å²) in [6.07, 6.45) is 0. The number of nitrogens with zero attached hydrogens (tertiary/aromatic N) is 2. The molecule has 3 aromatic carbocycles. The van der Waals surface area contributed by atoms with Gasteiger partial charge in [0.25, 0.3) is 10.0 Å². The number of rotatable bonds is 12. The minimum absolute atomic E-state index is 0.00881. The Kier molecular flexibility index (Phi) is 11.1. The molecular weight excluding hydrogens is 601 g/mol. The lowest BCUT2D eigenvalue weighted by molar-refractivity contribution is -0.139. The predicted molar refractivity (Wildman–Crippen MR) is 165 cm³/mol. The Bertz CT molecular complexity index is 1540. The fraction of sp³-hybridized carbons (Fsp3) is 0.333. The van der Waals surface area contributed by atoms with E-state index in [0.29, 0.717) is 33.6 Å². The van der Waals surface area contributed by atoms with Gasteiger partial charge in [0.05, 0.1) is 34.8 Å². The third-order valence-electron chi connectivity index (χ3n) is 6.57. The second kappa shape index (κ2) is 14.1. The Morgan fingerprint density at radius 2 is 1.55 bits per heavy atom. The van der Waals surface area contributed by atoms with Crippen LogP contribution in [0.3, 0.4) is 0 Å². The van der Waals surface area contributed by atoms with Gasteiger partial charge in [0.2, 0.25) is 11.8 Å². The number of sulfonamides is 1. The molecule has 0 fully saturated rings. The summed E-state index contributed by atoms with van der Waals surface area (Å²) >= 11 is 12.3. The third-order valence-corrected chi connectivity index (χ3v) is 9.08. The molecule has 0 aliphatic carbocycles. The fourth-order valence-electron chi connectivity index (χ4n) is 4.47. The first-order valence-electron chi connectivity index (χ1n) is 13.2. The van der Waals surface area contributed by atoms with Gasteiger partial charge in [-0.3, -0.25) is 13.9 Å². The van der Waals surface area contributed by atoms with Crippen molar-refractivity contribution < 1.29 is 27.5 Å². The number of anilines is 1. The van der Waals surface area contributed by atoms with Crippen LogP contribution in [0.15, 0.2) is 59.5 Å². The molecular formula is C30H35Cl2N3O6S. The van der Waals surface area contributed by atoms with Crippen LogP contribution in [0.2, 0.25) is 10.0 Å². The van der Waals surface area contributed by atoms with Crippen molar-refractivity contribution in [1.29, 1.82) is 0 Å². The molecule has 0 saturated heterocycles. The Morgan fingerprint density at radius 1 is 0.905 bits per heavy atom. The van der Waals surface area contributed by atoms with E-state index in [1.54, 1.807) is 44.2 Å². The molecule has 3 aromatic rings. The predicted octanol–water partition coefficient (Wildman–Crippen LogP) is 5.38. The first-order valence-corrected chi connectivity index (χ1v) is 15.4. The van der Waals surface area contributed by atoms with Crippen molar-refractivity contribution in [3.63, 3.8) is 0 Å². The number of methoxy groups -OCH3 is 2. The number of carbonyl (C=O) groups excluding carboxylic acids is 2. The number of aryl methyl sites for hydroxylation is 2. The molecule has 9 nitrogen and oxygen atoms in total. The van der Waals surface area contributed by atoms with E-state index in [0.717, 1.165) is 15.4 Å². The van der Waals surface area contributed by atoms with Crippen LogP contribution in [0.25, 0.3) is 0 Å². The van der Waals surface area contributed by atoms with Crippen LogP contribution in [0.4, 0.5) is 5.69 Å². The zero-order valence-corrected chi connectivity index (χ0v) is 26.7. The van der Waals surface area contributed by atoms with E-state index in [1.807, 2.05) is 19.9 Å². The highest BCUT2D eigenvalue weighted by Gasteiger charge is 2.33. The molecule has 1 unspecified atom stereocenters. The number of halogens is 2. The van der Waals surface area contributed by atoms with Gasteiger partial charge in [0, 0.05) is 19.2 Å². The van der Waals surface area contributed by atoms with Gasteiger partial charge in [-0.05, 0) is 80.8 Å². The van der Waals surface area contributed by atoms with Gasteiger partial charge in [-0.15, -0.1) is 0 Å². The lowest BCUT2D eigenvalue weighted by Crippen LogP contribution is -2.51. The van der Waals surface area contributed by atoms with Gasteiger partial charge in [-0.1, -0.05) is 35.3 Å². The Labute approximate surface area is 257 Å². The summed E-state index contributed by atoms with van der Waals surface area (Å²) < 4.78 is 40.0. The zero-order chi connectivity index (χ0) is 31.2. The van der Waals surface area contributed by atoms with Crippen LogP contribution in [0.1, 0.15) is 30.5 Å². The summed E-state index contributed by atoms with van der Waals surface area (Å²) in [6, 6.07) is 13.5. The van der Waals surface area contributed by atoms with Gasteiger partial charge >= 0.3 is 0 Å². The molecule has 42 heavy (non-hydrogen) atoms. The highest BCUT2D eigenvalue weighted by molar-refractivity contribution is 7.92. The van der Waals surface area contributed by atoms with Crippen LogP contribution in [-0.4, -0.2) is 58.5 Å².